The summed E-state index contributed by atoms with van der Waals surface area (Å²) in [6, 6.07) is 180. The molecule has 6 nitrogen and oxygen atoms in total. The van der Waals surface area contributed by atoms with E-state index in [4.69, 9.17) is 0 Å². The molecule has 0 aromatic heterocycles. The van der Waals surface area contributed by atoms with Gasteiger partial charge in [0.15, 0.2) is 0 Å². The van der Waals surface area contributed by atoms with Gasteiger partial charge in [-0.15, -0.1) is 0 Å². The van der Waals surface area contributed by atoms with Gasteiger partial charge in [0.1, 0.15) is 0 Å². The smallest absolute Gasteiger partial charge is 0.0618 e. The zero-order valence-electron chi connectivity index (χ0n) is 79.9. The highest BCUT2D eigenvalue weighted by Crippen LogP contribution is 2.56. The molecule has 19 aromatic carbocycles. The second-order valence-corrected chi connectivity index (χ2v) is 39.4. The second kappa shape index (κ2) is 38.3. The summed E-state index contributed by atoms with van der Waals surface area (Å²) in [6.45, 7) is 27.4. The fraction of sp³-hybridized carbons (Fsp3) is 0.123. The van der Waals surface area contributed by atoms with E-state index in [1.807, 2.05) is 0 Å². The Labute approximate surface area is 805 Å². The van der Waals surface area contributed by atoms with E-state index in [0.29, 0.717) is 0 Å². The summed E-state index contributed by atoms with van der Waals surface area (Å²) in [6.07, 6.45) is 0. The number of nitrogens with zero attached hydrogens (tertiary/aromatic N) is 6. The summed E-state index contributed by atoms with van der Waals surface area (Å²) in [7, 11) is 0. The van der Waals surface area contributed by atoms with Crippen LogP contribution in [0.1, 0.15) is 105 Å². The normalized spacial score (nSPS) is 11.7. The molecule has 0 heterocycles. The molecule has 19 rings (SSSR count). The van der Waals surface area contributed by atoms with Crippen LogP contribution < -0.4 is 29.4 Å². The molecule has 0 saturated heterocycles. The van der Waals surface area contributed by atoms with Gasteiger partial charge in [0, 0.05) is 73.2 Å². The fourth-order valence-corrected chi connectivity index (χ4v) is 18.9. The molecule has 136 heavy (non-hydrogen) atoms. The van der Waals surface area contributed by atoms with E-state index in [1.165, 1.54) is 22.3 Å². The molecule has 0 spiro atoms. The van der Waals surface area contributed by atoms with Gasteiger partial charge in [-0.05, 0) is 217 Å². The van der Waals surface area contributed by atoms with Gasteiger partial charge in [-0.1, -0.05) is 429 Å². The average molecular weight is 1760 g/mol. The Morgan fingerprint density at radius 1 is 0.125 bits per heavy atom. The number of rotatable bonds is 24. The molecule has 0 unspecified atom stereocenters. The highest BCUT2D eigenvalue weighted by molar-refractivity contribution is 6.03. The molecule has 6 heteroatoms. The van der Waals surface area contributed by atoms with Gasteiger partial charge in [-0.3, -0.25) is 0 Å². The van der Waals surface area contributed by atoms with Crippen LogP contribution in [0.4, 0.5) is 102 Å². The van der Waals surface area contributed by atoms with Crippen LogP contribution in [0.25, 0.3) is 66.8 Å². The molecule has 666 valence electrons. The van der Waals surface area contributed by atoms with Crippen molar-refractivity contribution in [2.24, 2.45) is 0 Å². The number of hydrogen-bond donors (Lipinski definition) is 0. The fourth-order valence-electron chi connectivity index (χ4n) is 18.9. The summed E-state index contributed by atoms with van der Waals surface area (Å²) in [5.41, 5.74) is 35.3. The van der Waals surface area contributed by atoms with Gasteiger partial charge < -0.3 is 29.4 Å². The van der Waals surface area contributed by atoms with Crippen LogP contribution in [0.3, 0.4) is 0 Å². The minimum absolute atomic E-state index is 0.0460. The maximum Gasteiger partial charge on any atom is 0.0618 e. The summed E-state index contributed by atoms with van der Waals surface area (Å²) < 4.78 is 0. The number of benzene rings is 19. The monoisotopic (exact) mass is 1760 g/mol. The molecule has 0 saturated carbocycles. The van der Waals surface area contributed by atoms with E-state index in [9.17, 15) is 0 Å². The Bertz CT molecular complexity index is 6940. The Morgan fingerprint density at radius 2 is 0.294 bits per heavy atom. The van der Waals surface area contributed by atoms with Crippen molar-refractivity contribution in [3.8, 4) is 66.8 Å². The van der Waals surface area contributed by atoms with Crippen molar-refractivity contribution >= 4 is 102 Å². The SMILES string of the molecule is CC(C)(C)c1ccc(-c2ccccc2N(c2ccccc2)c2cc(N(c3ccccc3)c3cccc(N(c4cc(N(c5ccccc5)c5ccccc5-c5ccc(C(C)(C)C)cc5)cc(N(c5ccccc5)c5ccccc5-c5ccc(C(C)(C)C)cc5)c4)c4c(-c5ccccc5)cccc4-c4ccccc4)c3)cc(N(c3ccccc3)c3ccccc3-c3ccc(C(C)(C)C)cc3)c2)cc1. The molecule has 0 aliphatic carbocycles. The van der Waals surface area contributed by atoms with E-state index < -0.39 is 0 Å². The topological polar surface area (TPSA) is 19.4 Å². The Hall–Kier alpha value is -16.0. The minimum Gasteiger partial charge on any atom is -0.310 e. The molecule has 0 bridgehead atoms. The largest absolute Gasteiger partial charge is 0.310 e. The van der Waals surface area contributed by atoms with Crippen LogP contribution in [0, 0.1) is 0 Å². The van der Waals surface area contributed by atoms with Crippen LogP contribution in [-0.2, 0) is 21.7 Å². The van der Waals surface area contributed by atoms with E-state index in [1.54, 1.807) is 0 Å². The first-order valence-electron chi connectivity index (χ1n) is 47.5. The summed E-state index contributed by atoms with van der Waals surface area (Å²) in [5.74, 6) is 0. The Balaban J connectivity index is 0.919. The van der Waals surface area contributed by atoms with Crippen LogP contribution in [-0.4, -0.2) is 0 Å². The van der Waals surface area contributed by atoms with Crippen LogP contribution in [0.5, 0.6) is 0 Å². The summed E-state index contributed by atoms with van der Waals surface area (Å²) in [5, 5.41) is 0. The first-order valence-corrected chi connectivity index (χ1v) is 47.5. The highest BCUT2D eigenvalue weighted by atomic mass is 15.2. The van der Waals surface area contributed by atoms with E-state index in [-0.39, 0.29) is 21.7 Å². The number of anilines is 18. The highest BCUT2D eigenvalue weighted by Gasteiger charge is 2.32. The predicted octanol–water partition coefficient (Wildman–Crippen LogP) is 37.7. The lowest BCUT2D eigenvalue weighted by Crippen LogP contribution is -2.18. The predicted molar refractivity (Wildman–Crippen MR) is 582 cm³/mol. The first kappa shape index (κ1) is 89.2. The van der Waals surface area contributed by atoms with E-state index >= 15 is 0 Å². The third kappa shape index (κ3) is 18.9. The van der Waals surface area contributed by atoms with Gasteiger partial charge in [0.25, 0.3) is 0 Å². The van der Waals surface area contributed by atoms with Crippen molar-refractivity contribution in [1.29, 1.82) is 0 Å². The molecule has 0 aliphatic heterocycles. The van der Waals surface area contributed by atoms with Crippen molar-refractivity contribution in [3.05, 3.63) is 508 Å². The van der Waals surface area contributed by atoms with Crippen LogP contribution in [0.15, 0.2) is 485 Å². The van der Waals surface area contributed by atoms with Crippen LogP contribution >= 0.6 is 0 Å². The molecule has 0 atom stereocenters. The molecule has 0 amide bonds. The standard InChI is InChI=1S/C130H116N6/c1-127(2,3)99-78-70-95(71-79-99)116-60-34-38-66-122(116)132(104-50-26-16-27-51-104)111-87-110(88-112(89-111)133(105-52-28-17-29-53-105)123-67-39-35-61-117(123)96-72-80-100(81-73-96)128(4,5)6)131(103-48-24-15-25-49-103)108-58-42-59-109(86-108)136(126-120(93-44-20-13-21-45-93)64-43-65-121(126)94-46-22-14-23-47-94)115-91-113(134(106-54-30-18-31-55-106)124-68-40-36-62-118(124)97-74-82-101(83-75-97)129(7,8)9)90-114(92-115)135(107-56-32-19-33-57-107)125-69-41-37-63-119(125)98-76-84-102(85-77-98)130(10,11)12/h13-92H,1-12H3. The zero-order chi connectivity index (χ0) is 93.7. The summed E-state index contributed by atoms with van der Waals surface area (Å²) in [4.78, 5) is 14.9. The molecule has 19 aromatic rings. The molecule has 0 radical (unpaired) electrons. The number of hydrogen-bond acceptors (Lipinski definition) is 6. The van der Waals surface area contributed by atoms with Crippen molar-refractivity contribution in [3.63, 3.8) is 0 Å². The van der Waals surface area contributed by atoms with Gasteiger partial charge in [-0.2, -0.15) is 0 Å². The van der Waals surface area contributed by atoms with Crippen molar-refractivity contribution in [1.82, 2.24) is 0 Å². The van der Waals surface area contributed by atoms with E-state index in [2.05, 4.69) is 598 Å². The van der Waals surface area contributed by atoms with Crippen molar-refractivity contribution in [2.45, 2.75) is 105 Å². The quantitative estimate of drug-likeness (QED) is 0.0596. The van der Waals surface area contributed by atoms with E-state index in [0.717, 1.165) is 169 Å². The van der Waals surface area contributed by atoms with Gasteiger partial charge in [-0.25, -0.2) is 0 Å². The molecule has 0 aliphatic rings. The second-order valence-electron chi connectivity index (χ2n) is 39.4. The van der Waals surface area contributed by atoms with Crippen molar-refractivity contribution in [2.75, 3.05) is 29.4 Å². The molecule has 0 N–H and O–H groups in total. The lowest BCUT2D eigenvalue weighted by Gasteiger charge is -2.36. The maximum atomic E-state index is 2.57. The summed E-state index contributed by atoms with van der Waals surface area (Å²) >= 11 is 0. The lowest BCUT2D eigenvalue weighted by atomic mass is 9.86. The first-order chi connectivity index (χ1) is 66.0. The van der Waals surface area contributed by atoms with Crippen LogP contribution in [0.2, 0.25) is 0 Å². The minimum atomic E-state index is -0.0554. The van der Waals surface area contributed by atoms with Gasteiger partial charge in [0.2, 0.25) is 0 Å². The zero-order valence-corrected chi connectivity index (χ0v) is 79.9. The third-order valence-corrected chi connectivity index (χ3v) is 26.0. The maximum absolute atomic E-state index is 2.57. The molecular weight excluding hydrogens is 1650 g/mol. The number of para-hydroxylation sites is 10. The Morgan fingerprint density at radius 3 is 0.544 bits per heavy atom. The Kier molecular flexibility index (Phi) is 25.1. The molecular formula is C130H116N6. The van der Waals surface area contributed by atoms with Gasteiger partial charge in [0.05, 0.1) is 62.6 Å². The third-order valence-electron chi connectivity index (χ3n) is 26.0. The molecule has 0 fully saturated rings. The lowest BCUT2D eigenvalue weighted by molar-refractivity contribution is 0.590. The average Bonchev–Trinajstić information content (AvgIpc) is 0.740. The van der Waals surface area contributed by atoms with Gasteiger partial charge >= 0.3 is 0 Å². The van der Waals surface area contributed by atoms with Crippen molar-refractivity contribution < 1.29 is 0 Å².